The first-order chi connectivity index (χ1) is 11.1. The molecule has 0 saturated carbocycles. The zero-order valence-electron chi connectivity index (χ0n) is 12.9. The molecule has 1 aromatic carbocycles. The molecule has 2 unspecified atom stereocenters. The van der Waals surface area contributed by atoms with Gasteiger partial charge in [-0.3, -0.25) is 0 Å². The molecule has 120 valence electrons. The predicted octanol–water partition coefficient (Wildman–Crippen LogP) is 3.39. The Morgan fingerprint density at radius 1 is 1.30 bits per heavy atom. The average Bonchev–Trinajstić information content (AvgIpc) is 3.09. The van der Waals surface area contributed by atoms with Gasteiger partial charge in [0.25, 0.3) is 0 Å². The summed E-state index contributed by atoms with van der Waals surface area (Å²) in [4.78, 5) is 16.7. The summed E-state index contributed by atoms with van der Waals surface area (Å²) in [5, 5.41) is 0. The molecule has 3 rings (SSSR count). The van der Waals surface area contributed by atoms with Gasteiger partial charge < -0.3 is 14.0 Å². The van der Waals surface area contributed by atoms with Crippen LogP contribution in [0.1, 0.15) is 24.3 Å². The quantitative estimate of drug-likeness (QED) is 0.768. The summed E-state index contributed by atoms with van der Waals surface area (Å²) in [5.41, 5.74) is 1.82. The smallest absolute Gasteiger partial charge is 0.335 e. The second-order valence-corrected chi connectivity index (χ2v) is 6.18. The Balaban J connectivity index is 1.73. The highest BCUT2D eigenvalue weighted by Crippen LogP contribution is 2.32. The summed E-state index contributed by atoms with van der Waals surface area (Å²) in [5.74, 6) is 0.113. The number of aliphatic imine (C=N–C) groups is 1. The van der Waals surface area contributed by atoms with Crippen molar-refractivity contribution in [3.63, 3.8) is 0 Å². The Bertz CT molecular complexity index is 740. The zero-order valence-corrected chi connectivity index (χ0v) is 14.5. The van der Waals surface area contributed by atoms with E-state index in [1.54, 1.807) is 6.92 Å². The molecule has 0 radical (unpaired) electrons. The highest BCUT2D eigenvalue weighted by molar-refractivity contribution is 9.10. The molecular weight excluding hydrogens is 360 g/mol. The normalized spacial score (nSPS) is 20.0. The predicted molar refractivity (Wildman–Crippen MR) is 90.1 cm³/mol. The largest absolute Gasteiger partial charge is 0.469 e. The van der Waals surface area contributed by atoms with E-state index in [4.69, 9.17) is 9.47 Å². The van der Waals surface area contributed by atoms with Crippen molar-refractivity contribution in [2.45, 2.75) is 25.7 Å². The van der Waals surface area contributed by atoms with Crippen LogP contribution >= 0.6 is 15.9 Å². The molecule has 2 atom stereocenters. The van der Waals surface area contributed by atoms with E-state index in [1.165, 1.54) is 0 Å². The van der Waals surface area contributed by atoms with Crippen molar-refractivity contribution >= 4 is 27.8 Å². The fourth-order valence-electron chi connectivity index (χ4n) is 2.54. The molecule has 6 heteroatoms. The molecular formula is C17H17BrN2O3. The van der Waals surface area contributed by atoms with Gasteiger partial charge in [-0.25, -0.2) is 9.79 Å². The summed E-state index contributed by atoms with van der Waals surface area (Å²) in [7, 11) is 1.91. The minimum atomic E-state index is -0.681. The van der Waals surface area contributed by atoms with Gasteiger partial charge in [0.1, 0.15) is 6.61 Å². The van der Waals surface area contributed by atoms with Crippen LogP contribution in [-0.4, -0.2) is 22.5 Å². The number of rotatable bonds is 4. The van der Waals surface area contributed by atoms with Crippen LogP contribution in [0.2, 0.25) is 0 Å². The highest BCUT2D eigenvalue weighted by atomic mass is 79.9. The van der Waals surface area contributed by atoms with Crippen LogP contribution in [0, 0.1) is 0 Å². The molecule has 2 aromatic rings. The number of halogens is 1. The first-order valence-corrected chi connectivity index (χ1v) is 8.08. The van der Waals surface area contributed by atoms with Crippen LogP contribution in [0.5, 0.6) is 0 Å². The third-order valence-electron chi connectivity index (χ3n) is 3.76. The maximum Gasteiger partial charge on any atom is 0.335 e. The van der Waals surface area contributed by atoms with Gasteiger partial charge in [-0.15, -0.1) is 0 Å². The summed E-state index contributed by atoms with van der Waals surface area (Å²) in [6.07, 6.45) is -0.463. The van der Waals surface area contributed by atoms with Crippen molar-refractivity contribution in [2.75, 3.05) is 0 Å². The van der Waals surface area contributed by atoms with E-state index in [2.05, 4.69) is 20.9 Å². The number of carbonyl (C=O) groups is 1. The van der Waals surface area contributed by atoms with Crippen molar-refractivity contribution in [1.29, 1.82) is 0 Å². The number of carbonyl (C=O) groups excluding carboxylic acids is 1. The van der Waals surface area contributed by atoms with Crippen molar-refractivity contribution in [2.24, 2.45) is 12.0 Å². The number of aromatic nitrogens is 1. The lowest BCUT2D eigenvalue weighted by molar-refractivity contribution is -0.148. The molecule has 0 spiro atoms. The molecule has 23 heavy (non-hydrogen) atoms. The molecule has 1 aliphatic rings. The summed E-state index contributed by atoms with van der Waals surface area (Å²) < 4.78 is 14.0. The fraction of sp³-hybridized carbons (Fsp3) is 0.294. The van der Waals surface area contributed by atoms with Crippen molar-refractivity contribution < 1.29 is 14.3 Å². The van der Waals surface area contributed by atoms with Crippen LogP contribution in [0.25, 0.3) is 0 Å². The first-order valence-electron chi connectivity index (χ1n) is 7.29. The molecule has 0 fully saturated rings. The maximum absolute atomic E-state index is 12.4. The molecule has 1 aliphatic heterocycles. The lowest BCUT2D eigenvalue weighted by Gasteiger charge is -2.18. The molecule has 0 aliphatic carbocycles. The average molecular weight is 377 g/mol. The molecule has 2 heterocycles. The van der Waals surface area contributed by atoms with E-state index in [1.807, 2.05) is 54.1 Å². The third kappa shape index (κ3) is 3.32. The van der Waals surface area contributed by atoms with E-state index in [-0.39, 0.29) is 12.6 Å². The molecule has 5 nitrogen and oxygen atoms in total. The lowest BCUT2D eigenvalue weighted by atomic mass is 10.1. The number of hydrogen-bond donors (Lipinski definition) is 0. The Labute approximate surface area is 143 Å². The summed E-state index contributed by atoms with van der Waals surface area (Å²) in [6.45, 7) is 1.98. The van der Waals surface area contributed by atoms with Crippen LogP contribution in [0.3, 0.4) is 0 Å². The minimum Gasteiger partial charge on any atom is -0.469 e. The van der Waals surface area contributed by atoms with Gasteiger partial charge in [0.05, 0.1) is 10.3 Å². The SMILES string of the molecule is CC1=NC(C(=O)OCc2ccccc2)C(c2ccc(Br)n2C)O1. The Hall–Kier alpha value is -2.08. The van der Waals surface area contributed by atoms with Gasteiger partial charge >= 0.3 is 5.97 Å². The van der Waals surface area contributed by atoms with Crippen LogP contribution in [0.15, 0.2) is 52.1 Å². The monoisotopic (exact) mass is 376 g/mol. The topological polar surface area (TPSA) is 52.8 Å². The summed E-state index contributed by atoms with van der Waals surface area (Å²) in [6, 6.07) is 12.7. The zero-order chi connectivity index (χ0) is 16.4. The van der Waals surface area contributed by atoms with E-state index in [0.717, 1.165) is 15.9 Å². The van der Waals surface area contributed by atoms with Crippen LogP contribution in [-0.2, 0) is 27.9 Å². The third-order valence-corrected chi connectivity index (χ3v) is 4.56. The van der Waals surface area contributed by atoms with Gasteiger partial charge in [0.2, 0.25) is 0 Å². The second-order valence-electron chi connectivity index (χ2n) is 5.36. The van der Waals surface area contributed by atoms with E-state index in [9.17, 15) is 4.79 Å². The minimum absolute atomic E-state index is 0.230. The van der Waals surface area contributed by atoms with E-state index < -0.39 is 12.1 Å². The number of hydrogen-bond acceptors (Lipinski definition) is 4. The van der Waals surface area contributed by atoms with Crippen LogP contribution < -0.4 is 0 Å². The fourth-order valence-corrected chi connectivity index (χ4v) is 2.88. The summed E-state index contributed by atoms with van der Waals surface area (Å²) >= 11 is 3.45. The molecule has 0 saturated heterocycles. The number of benzene rings is 1. The van der Waals surface area contributed by atoms with Crippen LogP contribution in [0.4, 0.5) is 0 Å². The van der Waals surface area contributed by atoms with Gasteiger partial charge in [-0.05, 0) is 33.6 Å². The van der Waals surface area contributed by atoms with E-state index >= 15 is 0 Å². The van der Waals surface area contributed by atoms with Gasteiger partial charge in [-0.1, -0.05) is 30.3 Å². The maximum atomic E-state index is 12.4. The Kier molecular flexibility index (Phi) is 4.52. The Morgan fingerprint density at radius 3 is 2.70 bits per heavy atom. The molecule has 0 bridgehead atoms. The van der Waals surface area contributed by atoms with Crippen molar-refractivity contribution in [3.05, 3.63) is 58.3 Å². The van der Waals surface area contributed by atoms with Gasteiger partial charge in [0.15, 0.2) is 18.0 Å². The number of esters is 1. The second kappa shape index (κ2) is 6.58. The lowest BCUT2D eigenvalue weighted by Crippen LogP contribution is -2.27. The van der Waals surface area contributed by atoms with Crippen molar-refractivity contribution in [1.82, 2.24) is 4.57 Å². The first kappa shape index (κ1) is 15.8. The highest BCUT2D eigenvalue weighted by Gasteiger charge is 2.39. The van der Waals surface area contributed by atoms with Gasteiger partial charge in [-0.2, -0.15) is 0 Å². The molecule has 0 N–H and O–H groups in total. The van der Waals surface area contributed by atoms with E-state index in [0.29, 0.717) is 5.90 Å². The van der Waals surface area contributed by atoms with Gasteiger partial charge in [0, 0.05) is 14.0 Å². The number of ether oxygens (including phenoxy) is 2. The Morgan fingerprint density at radius 2 is 2.04 bits per heavy atom. The standard InChI is InChI=1S/C17H17BrN2O3/c1-11-19-15(16(23-11)13-8-9-14(18)20(13)2)17(21)22-10-12-6-4-3-5-7-12/h3-9,15-16H,10H2,1-2H3. The molecule has 0 amide bonds. The number of nitrogens with zero attached hydrogens (tertiary/aromatic N) is 2. The van der Waals surface area contributed by atoms with Crippen molar-refractivity contribution in [3.8, 4) is 0 Å². The molecule has 1 aromatic heterocycles.